The lowest BCUT2D eigenvalue weighted by molar-refractivity contribution is -0.157. The Kier molecular flexibility index (Phi) is 10.5. The van der Waals surface area contributed by atoms with Crippen LogP contribution in [-0.2, 0) is 23.8 Å². The quantitative estimate of drug-likeness (QED) is 0.271. The van der Waals surface area contributed by atoms with Crippen molar-refractivity contribution in [3.8, 4) is 0 Å². The van der Waals surface area contributed by atoms with Gasteiger partial charge in [-0.25, -0.2) is 9.59 Å². The molecular weight excluding hydrogens is 302 g/mol. The molecule has 23 heavy (non-hydrogen) atoms. The number of carbonyl (C=O) groups is 3. The third-order valence-electron chi connectivity index (χ3n) is 3.04. The summed E-state index contributed by atoms with van der Waals surface area (Å²) in [6, 6.07) is 0. The number of amides is 1. The number of rotatable bonds is 11. The number of ether oxygens (including phenoxy) is 3. The van der Waals surface area contributed by atoms with E-state index >= 15 is 0 Å². The molecular formula is C16H27NO6. The summed E-state index contributed by atoms with van der Waals surface area (Å²) < 4.78 is 15.0. The van der Waals surface area contributed by atoms with Gasteiger partial charge in [0.05, 0.1) is 13.2 Å². The van der Waals surface area contributed by atoms with Gasteiger partial charge in [-0.15, -0.1) is 6.58 Å². The molecule has 1 amide bonds. The second-order valence-corrected chi connectivity index (χ2v) is 5.02. The molecule has 1 unspecified atom stereocenters. The molecule has 0 aliphatic carbocycles. The van der Waals surface area contributed by atoms with Crippen molar-refractivity contribution < 1.29 is 28.6 Å². The Morgan fingerprint density at radius 3 is 2.39 bits per heavy atom. The number of allylic oxidation sites excluding steroid dienone is 1. The highest BCUT2D eigenvalue weighted by atomic mass is 16.6. The third-order valence-corrected chi connectivity index (χ3v) is 3.04. The van der Waals surface area contributed by atoms with Crippen molar-refractivity contribution >= 4 is 18.0 Å². The smallest absolute Gasteiger partial charge is 0.408 e. The van der Waals surface area contributed by atoms with Crippen molar-refractivity contribution in [2.45, 2.75) is 52.0 Å². The molecule has 0 saturated carbocycles. The molecule has 0 fully saturated rings. The van der Waals surface area contributed by atoms with Gasteiger partial charge in [0.2, 0.25) is 0 Å². The Balaban J connectivity index is 5.15. The lowest BCUT2D eigenvalue weighted by Crippen LogP contribution is -2.58. The zero-order valence-corrected chi connectivity index (χ0v) is 14.2. The van der Waals surface area contributed by atoms with Crippen molar-refractivity contribution in [2.24, 2.45) is 0 Å². The first kappa shape index (κ1) is 20.9. The molecule has 1 atom stereocenters. The first-order valence-corrected chi connectivity index (χ1v) is 7.78. The zero-order valence-electron chi connectivity index (χ0n) is 14.2. The van der Waals surface area contributed by atoms with E-state index in [0.717, 1.165) is 12.8 Å². The van der Waals surface area contributed by atoms with Gasteiger partial charge in [-0.3, -0.25) is 4.79 Å². The molecule has 0 spiro atoms. The largest absolute Gasteiger partial charge is 0.464 e. The average molecular weight is 329 g/mol. The standard InChI is InChI=1S/C16H27NO6/c1-5-8-10-16(12-23-13(4)18,14(19)21-7-3)17-15(20)22-11-9-6-2/h5H,1,6-12H2,2-4H3,(H,17,20). The molecule has 1 N–H and O–H groups in total. The summed E-state index contributed by atoms with van der Waals surface area (Å²) in [5.41, 5.74) is -1.49. The fraction of sp³-hybridized carbons (Fsp3) is 0.688. The molecule has 132 valence electrons. The maximum Gasteiger partial charge on any atom is 0.408 e. The molecule has 0 aliphatic heterocycles. The Hall–Kier alpha value is -2.05. The molecule has 0 bridgehead atoms. The van der Waals surface area contributed by atoms with Crippen LogP contribution in [0.4, 0.5) is 4.79 Å². The predicted molar refractivity (Wildman–Crippen MR) is 84.8 cm³/mol. The molecule has 0 radical (unpaired) electrons. The Labute approximate surface area is 137 Å². The maximum atomic E-state index is 12.3. The van der Waals surface area contributed by atoms with E-state index in [-0.39, 0.29) is 26.2 Å². The van der Waals surface area contributed by atoms with Gasteiger partial charge >= 0.3 is 18.0 Å². The summed E-state index contributed by atoms with van der Waals surface area (Å²) in [7, 11) is 0. The first-order chi connectivity index (χ1) is 10.9. The van der Waals surface area contributed by atoms with Gasteiger partial charge in [0.25, 0.3) is 0 Å². The molecule has 0 aromatic carbocycles. The van der Waals surface area contributed by atoms with Crippen LogP contribution in [0.15, 0.2) is 12.7 Å². The molecule has 0 rings (SSSR count). The van der Waals surface area contributed by atoms with Gasteiger partial charge in [-0.1, -0.05) is 19.4 Å². The fourth-order valence-electron chi connectivity index (χ4n) is 1.77. The van der Waals surface area contributed by atoms with E-state index < -0.39 is 23.6 Å². The monoisotopic (exact) mass is 329 g/mol. The van der Waals surface area contributed by atoms with E-state index in [1.807, 2.05) is 6.92 Å². The van der Waals surface area contributed by atoms with E-state index in [1.165, 1.54) is 6.92 Å². The van der Waals surface area contributed by atoms with E-state index in [1.54, 1.807) is 13.0 Å². The van der Waals surface area contributed by atoms with Crippen molar-refractivity contribution in [3.05, 3.63) is 12.7 Å². The highest BCUT2D eigenvalue weighted by molar-refractivity contribution is 5.86. The zero-order chi connectivity index (χ0) is 17.7. The highest BCUT2D eigenvalue weighted by Crippen LogP contribution is 2.18. The number of esters is 2. The van der Waals surface area contributed by atoms with Crippen LogP contribution in [0.25, 0.3) is 0 Å². The number of carbonyl (C=O) groups excluding carboxylic acids is 3. The van der Waals surface area contributed by atoms with Crippen molar-refractivity contribution in [2.75, 3.05) is 19.8 Å². The van der Waals surface area contributed by atoms with Gasteiger partial charge < -0.3 is 19.5 Å². The van der Waals surface area contributed by atoms with Gasteiger partial charge in [0.15, 0.2) is 5.54 Å². The molecule has 0 aliphatic rings. The van der Waals surface area contributed by atoms with Crippen LogP contribution in [0.3, 0.4) is 0 Å². The van der Waals surface area contributed by atoms with Gasteiger partial charge in [-0.2, -0.15) is 0 Å². The first-order valence-electron chi connectivity index (χ1n) is 7.78. The fourth-order valence-corrected chi connectivity index (χ4v) is 1.77. The van der Waals surface area contributed by atoms with Gasteiger partial charge in [0, 0.05) is 6.92 Å². The predicted octanol–water partition coefficient (Wildman–Crippen LogP) is 2.34. The normalized spacial score (nSPS) is 12.7. The average Bonchev–Trinajstić information content (AvgIpc) is 2.50. The SMILES string of the molecule is C=CCCC(COC(C)=O)(NC(=O)OCCCC)C(=O)OCC. The van der Waals surface area contributed by atoms with E-state index in [0.29, 0.717) is 6.42 Å². The van der Waals surface area contributed by atoms with Crippen molar-refractivity contribution in [1.82, 2.24) is 5.32 Å². The molecule has 0 aromatic heterocycles. The van der Waals surface area contributed by atoms with E-state index in [2.05, 4.69) is 11.9 Å². The number of alkyl carbamates (subject to hydrolysis) is 1. The summed E-state index contributed by atoms with van der Waals surface area (Å²) in [4.78, 5) is 35.4. The summed E-state index contributed by atoms with van der Waals surface area (Å²) in [6.07, 6.45) is 3.06. The third kappa shape index (κ3) is 8.23. The lowest BCUT2D eigenvalue weighted by Gasteiger charge is -2.31. The highest BCUT2D eigenvalue weighted by Gasteiger charge is 2.42. The van der Waals surface area contributed by atoms with Crippen molar-refractivity contribution in [3.63, 3.8) is 0 Å². The van der Waals surface area contributed by atoms with Crippen LogP contribution in [0, 0.1) is 0 Å². The summed E-state index contributed by atoms with van der Waals surface area (Å²) in [5, 5.41) is 2.50. The van der Waals surface area contributed by atoms with E-state index in [9.17, 15) is 14.4 Å². The maximum absolute atomic E-state index is 12.3. The molecule has 0 saturated heterocycles. The topological polar surface area (TPSA) is 90.9 Å². The van der Waals surface area contributed by atoms with Crippen molar-refractivity contribution in [1.29, 1.82) is 0 Å². The van der Waals surface area contributed by atoms with Crippen LogP contribution in [0.5, 0.6) is 0 Å². The van der Waals surface area contributed by atoms with Gasteiger partial charge in [0.1, 0.15) is 6.61 Å². The number of nitrogens with one attached hydrogen (secondary N) is 1. The number of unbranched alkanes of at least 4 members (excludes halogenated alkanes) is 1. The summed E-state index contributed by atoms with van der Waals surface area (Å²) in [6.45, 7) is 8.51. The van der Waals surface area contributed by atoms with Crippen LogP contribution in [0.1, 0.15) is 46.5 Å². The lowest BCUT2D eigenvalue weighted by atomic mass is 9.94. The summed E-state index contributed by atoms with van der Waals surface area (Å²) >= 11 is 0. The molecule has 7 nitrogen and oxygen atoms in total. The minimum absolute atomic E-state index is 0.140. The minimum atomic E-state index is -1.49. The number of hydrogen-bond donors (Lipinski definition) is 1. The second kappa shape index (κ2) is 11.5. The van der Waals surface area contributed by atoms with Crippen LogP contribution >= 0.6 is 0 Å². The van der Waals surface area contributed by atoms with Gasteiger partial charge in [-0.05, 0) is 26.2 Å². The Morgan fingerprint density at radius 2 is 1.87 bits per heavy atom. The van der Waals surface area contributed by atoms with Crippen LogP contribution < -0.4 is 5.32 Å². The van der Waals surface area contributed by atoms with Crippen LogP contribution in [0.2, 0.25) is 0 Å². The van der Waals surface area contributed by atoms with E-state index in [4.69, 9.17) is 14.2 Å². The minimum Gasteiger partial charge on any atom is -0.464 e. The second-order valence-electron chi connectivity index (χ2n) is 5.02. The Morgan fingerprint density at radius 1 is 1.17 bits per heavy atom. The Bertz CT molecular complexity index is 409. The summed E-state index contributed by atoms with van der Waals surface area (Å²) in [5.74, 6) is -1.23. The molecule has 0 heterocycles. The van der Waals surface area contributed by atoms with Crippen LogP contribution in [-0.4, -0.2) is 43.4 Å². The molecule has 7 heteroatoms. The molecule has 0 aromatic rings. The number of hydrogen-bond acceptors (Lipinski definition) is 6.